The Kier molecular flexibility index (Phi) is 5.23. The standard InChI is InChI=1S/C20H23N3O3/c1-13-7-8-18(26-2)16(9-13)22-19(24)12-23-11-15-6-4-3-5-14(15)10-17(23)20(21)25/h3-9,17H,10-12H2,1-2H3,(H2,21,25)(H,22,24). The van der Waals surface area contributed by atoms with Crippen LogP contribution in [0.5, 0.6) is 5.75 Å². The summed E-state index contributed by atoms with van der Waals surface area (Å²) in [6, 6.07) is 13.0. The van der Waals surface area contributed by atoms with Crippen LogP contribution in [0.4, 0.5) is 5.69 Å². The first-order chi connectivity index (χ1) is 12.5. The van der Waals surface area contributed by atoms with E-state index in [4.69, 9.17) is 10.5 Å². The molecule has 0 radical (unpaired) electrons. The van der Waals surface area contributed by atoms with E-state index < -0.39 is 11.9 Å². The number of carbonyl (C=O) groups excluding carboxylic acids is 2. The zero-order chi connectivity index (χ0) is 18.7. The van der Waals surface area contributed by atoms with Gasteiger partial charge in [0, 0.05) is 6.54 Å². The fraction of sp³-hybridized carbons (Fsp3) is 0.300. The second-order valence-corrected chi connectivity index (χ2v) is 6.55. The quantitative estimate of drug-likeness (QED) is 0.859. The Labute approximate surface area is 152 Å². The largest absolute Gasteiger partial charge is 0.495 e. The highest BCUT2D eigenvalue weighted by Gasteiger charge is 2.31. The van der Waals surface area contributed by atoms with Gasteiger partial charge in [-0.25, -0.2) is 0 Å². The highest BCUT2D eigenvalue weighted by atomic mass is 16.5. The SMILES string of the molecule is COc1ccc(C)cc1NC(=O)CN1Cc2ccccc2CC1C(N)=O. The molecule has 0 bridgehead atoms. The topological polar surface area (TPSA) is 84.7 Å². The van der Waals surface area contributed by atoms with E-state index in [2.05, 4.69) is 5.32 Å². The predicted octanol–water partition coefficient (Wildman–Crippen LogP) is 1.85. The molecular weight excluding hydrogens is 330 g/mol. The van der Waals surface area contributed by atoms with Gasteiger partial charge in [0.15, 0.2) is 0 Å². The van der Waals surface area contributed by atoms with Crippen LogP contribution in [0.2, 0.25) is 0 Å². The van der Waals surface area contributed by atoms with E-state index in [0.717, 1.165) is 16.7 Å². The first kappa shape index (κ1) is 17.9. The fourth-order valence-corrected chi connectivity index (χ4v) is 3.32. The molecule has 0 spiro atoms. The lowest BCUT2D eigenvalue weighted by molar-refractivity contribution is -0.125. The van der Waals surface area contributed by atoms with Gasteiger partial charge >= 0.3 is 0 Å². The molecule has 0 aromatic heterocycles. The van der Waals surface area contributed by atoms with Gasteiger partial charge in [-0.15, -0.1) is 0 Å². The Morgan fingerprint density at radius 3 is 2.65 bits per heavy atom. The molecule has 1 atom stereocenters. The zero-order valence-corrected chi connectivity index (χ0v) is 15.0. The molecule has 1 aliphatic heterocycles. The van der Waals surface area contributed by atoms with E-state index in [1.165, 1.54) is 0 Å². The van der Waals surface area contributed by atoms with E-state index in [1.807, 2.05) is 54.3 Å². The van der Waals surface area contributed by atoms with Gasteiger partial charge in [-0.1, -0.05) is 30.3 Å². The van der Waals surface area contributed by atoms with Crippen molar-refractivity contribution in [2.45, 2.75) is 25.9 Å². The molecule has 2 aromatic rings. The van der Waals surface area contributed by atoms with Crippen molar-refractivity contribution < 1.29 is 14.3 Å². The van der Waals surface area contributed by atoms with Crippen LogP contribution >= 0.6 is 0 Å². The van der Waals surface area contributed by atoms with Gasteiger partial charge in [0.25, 0.3) is 0 Å². The maximum Gasteiger partial charge on any atom is 0.238 e. The Morgan fingerprint density at radius 2 is 1.96 bits per heavy atom. The fourth-order valence-electron chi connectivity index (χ4n) is 3.32. The van der Waals surface area contributed by atoms with Gasteiger partial charge in [-0.3, -0.25) is 14.5 Å². The highest BCUT2D eigenvalue weighted by molar-refractivity contribution is 5.94. The summed E-state index contributed by atoms with van der Waals surface area (Å²) >= 11 is 0. The third-order valence-electron chi connectivity index (χ3n) is 4.65. The normalized spacial score (nSPS) is 16.6. The lowest BCUT2D eigenvalue weighted by Crippen LogP contribution is -2.50. The number of aryl methyl sites for hydroxylation is 1. The molecule has 1 aliphatic rings. The molecule has 0 saturated carbocycles. The van der Waals surface area contributed by atoms with E-state index in [-0.39, 0.29) is 12.5 Å². The number of ether oxygens (including phenoxy) is 1. The number of nitrogens with two attached hydrogens (primary N) is 1. The van der Waals surface area contributed by atoms with Crippen molar-refractivity contribution in [3.63, 3.8) is 0 Å². The molecule has 3 N–H and O–H groups in total. The average molecular weight is 353 g/mol. The molecule has 0 fully saturated rings. The minimum absolute atomic E-state index is 0.0824. The molecule has 0 aliphatic carbocycles. The first-order valence-electron chi connectivity index (χ1n) is 8.52. The highest BCUT2D eigenvalue weighted by Crippen LogP contribution is 2.26. The summed E-state index contributed by atoms with van der Waals surface area (Å²) in [6.07, 6.45) is 0.520. The number of nitrogens with one attached hydrogen (secondary N) is 1. The molecule has 136 valence electrons. The monoisotopic (exact) mass is 353 g/mol. The number of rotatable bonds is 5. The van der Waals surface area contributed by atoms with Crippen molar-refractivity contribution >= 4 is 17.5 Å². The maximum atomic E-state index is 12.6. The number of hydrogen-bond donors (Lipinski definition) is 2. The number of fused-ring (bicyclic) bond motifs is 1. The summed E-state index contributed by atoms with van der Waals surface area (Å²) in [5.74, 6) is -0.0284. The molecule has 2 aromatic carbocycles. The molecule has 6 nitrogen and oxygen atoms in total. The summed E-state index contributed by atoms with van der Waals surface area (Å²) in [5, 5.41) is 2.88. The second-order valence-electron chi connectivity index (χ2n) is 6.55. The Hall–Kier alpha value is -2.86. The van der Waals surface area contributed by atoms with Gasteiger partial charge in [-0.2, -0.15) is 0 Å². The van der Waals surface area contributed by atoms with Crippen molar-refractivity contribution in [2.24, 2.45) is 5.73 Å². The van der Waals surface area contributed by atoms with Crippen LogP contribution in [0.15, 0.2) is 42.5 Å². The van der Waals surface area contributed by atoms with Crippen LogP contribution in [0, 0.1) is 6.92 Å². The molecular formula is C20H23N3O3. The molecule has 26 heavy (non-hydrogen) atoms. The van der Waals surface area contributed by atoms with Gasteiger partial charge < -0.3 is 15.8 Å². The van der Waals surface area contributed by atoms with Crippen LogP contribution in [0.1, 0.15) is 16.7 Å². The summed E-state index contributed by atoms with van der Waals surface area (Å²) in [4.78, 5) is 26.3. The average Bonchev–Trinajstić information content (AvgIpc) is 2.61. The summed E-state index contributed by atoms with van der Waals surface area (Å²) in [6.45, 7) is 2.54. The van der Waals surface area contributed by atoms with Crippen molar-refractivity contribution in [3.8, 4) is 5.75 Å². The van der Waals surface area contributed by atoms with E-state index in [1.54, 1.807) is 7.11 Å². The van der Waals surface area contributed by atoms with Crippen LogP contribution in [-0.4, -0.2) is 36.4 Å². The molecule has 3 rings (SSSR count). The van der Waals surface area contributed by atoms with E-state index in [9.17, 15) is 9.59 Å². The van der Waals surface area contributed by atoms with Gasteiger partial charge in [-0.05, 0) is 42.2 Å². The molecule has 6 heteroatoms. The molecule has 1 heterocycles. The summed E-state index contributed by atoms with van der Waals surface area (Å²) < 4.78 is 5.29. The number of methoxy groups -OCH3 is 1. The van der Waals surface area contributed by atoms with Crippen LogP contribution in [0.25, 0.3) is 0 Å². The van der Waals surface area contributed by atoms with Gasteiger partial charge in [0.1, 0.15) is 5.75 Å². The lowest BCUT2D eigenvalue weighted by Gasteiger charge is -2.34. The number of primary amides is 1. The Bertz CT molecular complexity index is 835. The first-order valence-corrected chi connectivity index (χ1v) is 8.52. The molecule has 2 amide bonds. The summed E-state index contributed by atoms with van der Waals surface area (Å²) in [7, 11) is 1.56. The zero-order valence-electron chi connectivity index (χ0n) is 15.0. The van der Waals surface area contributed by atoms with E-state index >= 15 is 0 Å². The number of hydrogen-bond acceptors (Lipinski definition) is 4. The number of amides is 2. The number of nitrogens with zero attached hydrogens (tertiary/aromatic N) is 1. The van der Waals surface area contributed by atoms with Crippen molar-refractivity contribution in [3.05, 3.63) is 59.2 Å². The van der Waals surface area contributed by atoms with Crippen molar-refractivity contribution in [2.75, 3.05) is 19.0 Å². The van der Waals surface area contributed by atoms with Crippen LogP contribution < -0.4 is 15.8 Å². The van der Waals surface area contributed by atoms with Crippen molar-refractivity contribution in [1.82, 2.24) is 4.90 Å². The number of benzene rings is 2. The van der Waals surface area contributed by atoms with Crippen LogP contribution in [-0.2, 0) is 22.6 Å². The Balaban J connectivity index is 1.75. The Morgan fingerprint density at radius 1 is 1.23 bits per heavy atom. The summed E-state index contributed by atoms with van der Waals surface area (Å²) in [5.41, 5.74) is 9.43. The van der Waals surface area contributed by atoms with Crippen molar-refractivity contribution in [1.29, 1.82) is 0 Å². The number of carbonyl (C=O) groups is 2. The minimum atomic E-state index is -0.491. The van der Waals surface area contributed by atoms with Crippen LogP contribution in [0.3, 0.4) is 0 Å². The maximum absolute atomic E-state index is 12.6. The van der Waals surface area contributed by atoms with Gasteiger partial charge in [0.05, 0.1) is 25.4 Å². The predicted molar refractivity (Wildman–Crippen MR) is 99.9 cm³/mol. The molecule has 0 saturated heterocycles. The second kappa shape index (κ2) is 7.58. The minimum Gasteiger partial charge on any atom is -0.495 e. The van der Waals surface area contributed by atoms with E-state index in [0.29, 0.717) is 24.4 Å². The molecule has 1 unspecified atom stereocenters. The van der Waals surface area contributed by atoms with Gasteiger partial charge in [0.2, 0.25) is 11.8 Å². The third-order valence-corrected chi connectivity index (χ3v) is 4.65. The third kappa shape index (κ3) is 3.86. The number of anilines is 1. The lowest BCUT2D eigenvalue weighted by atomic mass is 9.93. The smallest absolute Gasteiger partial charge is 0.238 e.